The third kappa shape index (κ3) is 3.06. The highest BCUT2D eigenvalue weighted by molar-refractivity contribution is 6.15. The molecule has 0 aliphatic carbocycles. The molecule has 0 atom stereocenters. The number of hydrogen-bond acceptors (Lipinski definition) is 3. The van der Waals surface area contributed by atoms with Crippen molar-refractivity contribution in [2.75, 3.05) is 20.2 Å². The molecule has 1 aliphatic rings. The first-order valence-electron chi connectivity index (χ1n) is 8.72. The number of amides is 1. The largest absolute Gasteiger partial charge is 0.497 e. The molecule has 1 heterocycles. The summed E-state index contributed by atoms with van der Waals surface area (Å²) < 4.78 is 5.18. The molecule has 0 fully saturated rings. The second kappa shape index (κ2) is 7.00. The van der Waals surface area contributed by atoms with Crippen molar-refractivity contribution in [1.82, 2.24) is 4.90 Å². The van der Waals surface area contributed by atoms with E-state index in [0.717, 1.165) is 33.5 Å². The molecule has 4 rings (SSSR count). The van der Waals surface area contributed by atoms with Crippen LogP contribution in [0, 0.1) is 0 Å². The summed E-state index contributed by atoms with van der Waals surface area (Å²) in [6.45, 7) is 1.28. The molecular formula is C22H20N2O2. The van der Waals surface area contributed by atoms with Gasteiger partial charge < -0.3 is 4.74 Å². The van der Waals surface area contributed by atoms with E-state index in [4.69, 9.17) is 4.74 Å². The maximum Gasteiger partial charge on any atom is 0.232 e. The van der Waals surface area contributed by atoms with E-state index < -0.39 is 0 Å². The summed E-state index contributed by atoms with van der Waals surface area (Å²) in [6.07, 6.45) is 0.355. The van der Waals surface area contributed by atoms with Gasteiger partial charge in [0.05, 0.1) is 20.1 Å². The zero-order chi connectivity index (χ0) is 17.9. The van der Waals surface area contributed by atoms with E-state index in [9.17, 15) is 4.79 Å². The lowest BCUT2D eigenvalue weighted by molar-refractivity contribution is -0.126. The summed E-state index contributed by atoms with van der Waals surface area (Å²) in [4.78, 5) is 19.3. The monoisotopic (exact) mass is 344 g/mol. The van der Waals surface area contributed by atoms with Crippen LogP contribution in [0.2, 0.25) is 0 Å². The molecule has 0 saturated carbocycles. The predicted octanol–water partition coefficient (Wildman–Crippen LogP) is 3.68. The van der Waals surface area contributed by atoms with Crippen LogP contribution >= 0.6 is 0 Å². The highest BCUT2D eigenvalue weighted by atomic mass is 16.5. The third-order valence-electron chi connectivity index (χ3n) is 4.69. The van der Waals surface area contributed by atoms with Crippen molar-refractivity contribution in [3.8, 4) is 5.75 Å². The molecule has 0 saturated heterocycles. The molecule has 4 heteroatoms. The molecule has 26 heavy (non-hydrogen) atoms. The van der Waals surface area contributed by atoms with Crippen LogP contribution < -0.4 is 4.74 Å². The van der Waals surface area contributed by atoms with Crippen LogP contribution in [0.1, 0.15) is 11.1 Å². The van der Waals surface area contributed by atoms with E-state index in [2.05, 4.69) is 23.2 Å². The Morgan fingerprint density at radius 2 is 1.81 bits per heavy atom. The minimum Gasteiger partial charge on any atom is -0.497 e. The second-order valence-corrected chi connectivity index (χ2v) is 6.30. The molecule has 3 aromatic rings. The highest BCUT2D eigenvalue weighted by Gasteiger charge is 2.25. The van der Waals surface area contributed by atoms with E-state index in [1.54, 1.807) is 7.11 Å². The number of benzene rings is 3. The van der Waals surface area contributed by atoms with Gasteiger partial charge in [0.1, 0.15) is 11.6 Å². The summed E-state index contributed by atoms with van der Waals surface area (Å²) in [5.41, 5.74) is 1.99. The summed E-state index contributed by atoms with van der Waals surface area (Å²) in [7, 11) is 1.64. The SMILES string of the molecule is COc1ccc(CC(=O)N2CCN=C2c2cccc3ccccc23)cc1. The zero-order valence-electron chi connectivity index (χ0n) is 14.7. The van der Waals surface area contributed by atoms with Gasteiger partial charge >= 0.3 is 0 Å². The lowest BCUT2D eigenvalue weighted by atomic mass is 10.0. The Bertz CT molecular complexity index is 972. The summed E-state index contributed by atoms with van der Waals surface area (Å²) in [6, 6.07) is 22.0. The Labute approximate surface area is 152 Å². The Kier molecular flexibility index (Phi) is 4.40. The smallest absolute Gasteiger partial charge is 0.232 e. The van der Waals surface area contributed by atoms with Crippen molar-refractivity contribution in [3.63, 3.8) is 0 Å². The average Bonchev–Trinajstić information content (AvgIpc) is 3.18. The highest BCUT2D eigenvalue weighted by Crippen LogP contribution is 2.23. The van der Waals surface area contributed by atoms with Crippen LogP contribution in [0.25, 0.3) is 10.8 Å². The Hall–Kier alpha value is -3.14. The van der Waals surface area contributed by atoms with Crippen molar-refractivity contribution in [1.29, 1.82) is 0 Å². The van der Waals surface area contributed by atoms with Gasteiger partial charge in [-0.15, -0.1) is 0 Å². The molecule has 0 bridgehead atoms. The Balaban J connectivity index is 1.60. The van der Waals surface area contributed by atoms with Gasteiger partial charge in [-0.2, -0.15) is 0 Å². The number of methoxy groups -OCH3 is 1. The number of ether oxygens (including phenoxy) is 1. The van der Waals surface area contributed by atoms with E-state index in [1.807, 2.05) is 53.4 Å². The van der Waals surface area contributed by atoms with Gasteiger partial charge in [0.2, 0.25) is 5.91 Å². The first-order valence-corrected chi connectivity index (χ1v) is 8.72. The van der Waals surface area contributed by atoms with E-state index in [-0.39, 0.29) is 5.91 Å². The lowest BCUT2D eigenvalue weighted by Gasteiger charge is -2.20. The predicted molar refractivity (Wildman–Crippen MR) is 104 cm³/mol. The van der Waals surface area contributed by atoms with Crippen LogP contribution in [0.5, 0.6) is 5.75 Å². The van der Waals surface area contributed by atoms with E-state index >= 15 is 0 Å². The minimum atomic E-state index is 0.0688. The summed E-state index contributed by atoms with van der Waals surface area (Å²) in [5, 5.41) is 2.28. The van der Waals surface area contributed by atoms with Crippen LogP contribution in [0.4, 0.5) is 0 Å². The van der Waals surface area contributed by atoms with Gasteiger partial charge in [-0.1, -0.05) is 54.6 Å². The molecule has 0 N–H and O–H groups in total. The van der Waals surface area contributed by atoms with Crippen LogP contribution in [0.15, 0.2) is 71.7 Å². The molecule has 0 spiro atoms. The maximum absolute atomic E-state index is 12.9. The van der Waals surface area contributed by atoms with Crippen molar-refractivity contribution in [2.24, 2.45) is 4.99 Å². The number of aliphatic imine (C=N–C) groups is 1. The van der Waals surface area contributed by atoms with Crippen molar-refractivity contribution in [2.45, 2.75) is 6.42 Å². The minimum absolute atomic E-state index is 0.0688. The molecule has 0 aromatic heterocycles. The quantitative estimate of drug-likeness (QED) is 0.724. The second-order valence-electron chi connectivity index (χ2n) is 6.30. The normalized spacial score (nSPS) is 13.7. The zero-order valence-corrected chi connectivity index (χ0v) is 14.7. The fourth-order valence-electron chi connectivity index (χ4n) is 3.35. The lowest BCUT2D eigenvalue weighted by Crippen LogP contribution is -2.36. The standard InChI is InChI=1S/C22H20N2O2/c1-26-18-11-9-16(10-12-18)15-21(25)24-14-13-23-22(24)20-8-4-6-17-5-2-3-7-19(17)20/h2-12H,13-15H2,1H3. The van der Waals surface area contributed by atoms with Gasteiger partial charge in [-0.05, 0) is 28.5 Å². The van der Waals surface area contributed by atoms with Crippen LogP contribution in [-0.4, -0.2) is 36.8 Å². The fourth-order valence-corrected chi connectivity index (χ4v) is 3.35. The van der Waals surface area contributed by atoms with Crippen molar-refractivity contribution >= 4 is 22.5 Å². The number of amidine groups is 1. The maximum atomic E-state index is 12.9. The Morgan fingerprint density at radius 1 is 1.04 bits per heavy atom. The average molecular weight is 344 g/mol. The molecule has 1 amide bonds. The molecule has 3 aromatic carbocycles. The number of carbonyl (C=O) groups is 1. The van der Waals surface area contributed by atoms with Gasteiger partial charge in [0, 0.05) is 12.1 Å². The number of fused-ring (bicyclic) bond motifs is 1. The van der Waals surface area contributed by atoms with Crippen molar-refractivity contribution < 1.29 is 9.53 Å². The molecule has 130 valence electrons. The summed E-state index contributed by atoms with van der Waals surface area (Å²) in [5.74, 6) is 1.64. The molecule has 0 unspecified atom stereocenters. The molecule has 0 radical (unpaired) electrons. The van der Waals surface area contributed by atoms with Crippen LogP contribution in [-0.2, 0) is 11.2 Å². The number of carbonyl (C=O) groups excluding carboxylic acids is 1. The molecular weight excluding hydrogens is 324 g/mol. The van der Waals surface area contributed by atoms with E-state index in [1.165, 1.54) is 0 Å². The van der Waals surface area contributed by atoms with Gasteiger partial charge in [-0.25, -0.2) is 0 Å². The van der Waals surface area contributed by atoms with Crippen LogP contribution in [0.3, 0.4) is 0 Å². The molecule has 4 nitrogen and oxygen atoms in total. The van der Waals surface area contributed by atoms with Crippen molar-refractivity contribution in [3.05, 3.63) is 77.9 Å². The summed E-state index contributed by atoms with van der Waals surface area (Å²) >= 11 is 0. The first-order chi connectivity index (χ1) is 12.8. The van der Waals surface area contributed by atoms with Gasteiger partial charge in [0.25, 0.3) is 0 Å². The fraction of sp³-hybridized carbons (Fsp3) is 0.182. The van der Waals surface area contributed by atoms with E-state index in [0.29, 0.717) is 19.5 Å². The Morgan fingerprint density at radius 3 is 2.62 bits per heavy atom. The van der Waals surface area contributed by atoms with Gasteiger partial charge in [0.15, 0.2) is 0 Å². The number of hydrogen-bond donors (Lipinski definition) is 0. The first kappa shape index (κ1) is 16.3. The van der Waals surface area contributed by atoms with Gasteiger partial charge in [-0.3, -0.25) is 14.7 Å². The third-order valence-corrected chi connectivity index (χ3v) is 4.69. The number of rotatable bonds is 4. The topological polar surface area (TPSA) is 41.9 Å². The number of nitrogens with zero attached hydrogens (tertiary/aromatic N) is 2. The molecule has 1 aliphatic heterocycles.